The smallest absolute Gasteiger partial charge is 0.331 e. The molecule has 0 aromatic carbocycles. The number of hydrogen-bond donors (Lipinski definition) is 0. The van der Waals surface area contributed by atoms with Crippen molar-refractivity contribution in [2.24, 2.45) is 11.8 Å². The van der Waals surface area contributed by atoms with Crippen LogP contribution >= 0.6 is 0 Å². The first-order chi connectivity index (χ1) is 19.5. The van der Waals surface area contributed by atoms with Gasteiger partial charge in [0.25, 0.3) is 0 Å². The van der Waals surface area contributed by atoms with Gasteiger partial charge in [-0.1, -0.05) is 24.3 Å². The van der Waals surface area contributed by atoms with E-state index in [1.165, 1.54) is 18.2 Å². The van der Waals surface area contributed by atoms with Crippen LogP contribution in [0, 0.1) is 11.8 Å². The normalized spacial score (nSPS) is 27.0. The number of fused-ring (bicyclic) bond motifs is 1. The van der Waals surface area contributed by atoms with E-state index in [-0.39, 0.29) is 24.0 Å². The SMILES string of the molecule is C[C@H]1CCC/C=C/[C@@H]2C[C@H](OC(=O)/C=C/c3ccccn3)C[C@H]2[C@H](OC(=O)/C=C/c2ccccn2)/C=C/C(=O)O1. The topological polar surface area (TPSA) is 105 Å². The molecule has 0 amide bonds. The van der Waals surface area contributed by atoms with Crippen molar-refractivity contribution < 1.29 is 28.6 Å². The molecule has 0 saturated heterocycles. The molecule has 8 heteroatoms. The van der Waals surface area contributed by atoms with Crippen LogP contribution in [0.1, 0.15) is 50.4 Å². The summed E-state index contributed by atoms with van der Waals surface area (Å²) in [6, 6.07) is 10.8. The zero-order valence-corrected chi connectivity index (χ0v) is 22.5. The number of carbonyl (C=O) groups excluding carboxylic acids is 3. The van der Waals surface area contributed by atoms with Crippen LogP contribution in [-0.2, 0) is 28.6 Å². The molecule has 2 aromatic rings. The Labute approximate surface area is 234 Å². The summed E-state index contributed by atoms with van der Waals surface area (Å²) in [4.78, 5) is 46.2. The Kier molecular flexibility index (Phi) is 10.6. The Morgan fingerprint density at radius 2 is 1.60 bits per heavy atom. The summed E-state index contributed by atoms with van der Waals surface area (Å²) in [5, 5.41) is 0. The fourth-order valence-electron chi connectivity index (χ4n) is 4.91. The molecule has 1 aliphatic carbocycles. The van der Waals surface area contributed by atoms with Crippen LogP contribution in [0.3, 0.4) is 0 Å². The monoisotopic (exact) mass is 542 g/mol. The quantitative estimate of drug-likeness (QED) is 0.210. The molecular formula is C32H34N2O6. The Morgan fingerprint density at radius 1 is 0.925 bits per heavy atom. The molecule has 2 aromatic heterocycles. The number of allylic oxidation sites excluding steroid dienone is 2. The lowest BCUT2D eigenvalue weighted by Gasteiger charge is -2.24. The van der Waals surface area contributed by atoms with E-state index in [0.717, 1.165) is 19.3 Å². The third kappa shape index (κ3) is 9.15. The highest BCUT2D eigenvalue weighted by Crippen LogP contribution is 2.39. The maximum atomic E-state index is 12.8. The van der Waals surface area contributed by atoms with E-state index in [0.29, 0.717) is 24.2 Å². The van der Waals surface area contributed by atoms with Crippen molar-refractivity contribution in [1.29, 1.82) is 0 Å². The molecule has 2 aliphatic rings. The molecule has 3 heterocycles. The average Bonchev–Trinajstić information content (AvgIpc) is 3.35. The van der Waals surface area contributed by atoms with Crippen molar-refractivity contribution >= 4 is 30.1 Å². The molecule has 1 fully saturated rings. The molecule has 1 saturated carbocycles. The summed E-state index contributed by atoms with van der Waals surface area (Å²) >= 11 is 0. The van der Waals surface area contributed by atoms with Crippen LogP contribution in [-0.4, -0.2) is 46.2 Å². The summed E-state index contributed by atoms with van der Waals surface area (Å²) in [6.07, 6.45) is 18.5. The first-order valence-electron chi connectivity index (χ1n) is 13.6. The zero-order valence-electron chi connectivity index (χ0n) is 22.5. The number of rotatable bonds is 6. The van der Waals surface area contributed by atoms with Crippen LogP contribution in [0.15, 0.2) is 85.2 Å². The van der Waals surface area contributed by atoms with Crippen molar-refractivity contribution in [1.82, 2.24) is 9.97 Å². The second-order valence-corrected chi connectivity index (χ2v) is 9.90. The molecule has 0 N–H and O–H groups in total. The predicted octanol–water partition coefficient (Wildman–Crippen LogP) is 5.28. The van der Waals surface area contributed by atoms with Gasteiger partial charge in [-0.3, -0.25) is 9.97 Å². The number of nitrogens with zero attached hydrogens (tertiary/aromatic N) is 2. The molecule has 4 rings (SSSR count). The minimum atomic E-state index is -0.730. The average molecular weight is 543 g/mol. The Hall–Kier alpha value is -4.33. The highest BCUT2D eigenvalue weighted by Gasteiger charge is 2.40. The van der Waals surface area contributed by atoms with Gasteiger partial charge in [0.05, 0.1) is 17.5 Å². The minimum Gasteiger partial charge on any atom is -0.460 e. The molecule has 8 nitrogen and oxygen atoms in total. The molecule has 0 spiro atoms. The highest BCUT2D eigenvalue weighted by molar-refractivity contribution is 5.87. The summed E-state index contributed by atoms with van der Waals surface area (Å²) in [5.74, 6) is -1.74. The van der Waals surface area contributed by atoms with Crippen LogP contribution in [0.2, 0.25) is 0 Å². The van der Waals surface area contributed by atoms with Gasteiger partial charge in [-0.15, -0.1) is 0 Å². The van der Waals surface area contributed by atoms with Crippen molar-refractivity contribution in [2.75, 3.05) is 0 Å². The number of pyridine rings is 2. The standard InChI is InChI=1S/C32H34N2O6/c1-23-9-3-2-4-10-24-21-27(39-31(36)16-13-25-11-5-7-19-33-25)22-28(24)29(15-18-30(35)38-23)40-32(37)17-14-26-12-6-8-20-34-26/h4-8,10-20,23-24,27-29H,2-3,9,21-22H2,1H3/b10-4+,16-13+,17-14+,18-15+/t23-,24+,27-,28+,29+/m0/s1. The fraction of sp³-hybridized carbons (Fsp3) is 0.344. The Bertz CT molecular complexity index is 1250. The lowest BCUT2D eigenvalue weighted by molar-refractivity contribution is -0.146. The Balaban J connectivity index is 1.50. The molecule has 0 unspecified atom stereocenters. The van der Waals surface area contributed by atoms with Crippen molar-refractivity contribution in [3.05, 3.63) is 96.6 Å². The van der Waals surface area contributed by atoms with Gasteiger partial charge in [0.15, 0.2) is 0 Å². The van der Waals surface area contributed by atoms with Crippen LogP contribution < -0.4 is 0 Å². The van der Waals surface area contributed by atoms with Gasteiger partial charge in [-0.2, -0.15) is 0 Å². The van der Waals surface area contributed by atoms with Crippen molar-refractivity contribution in [3.63, 3.8) is 0 Å². The zero-order chi connectivity index (χ0) is 28.2. The van der Waals surface area contributed by atoms with E-state index in [9.17, 15) is 14.4 Å². The van der Waals surface area contributed by atoms with Crippen LogP contribution in [0.25, 0.3) is 12.2 Å². The molecule has 208 valence electrons. The Morgan fingerprint density at radius 3 is 2.25 bits per heavy atom. The maximum absolute atomic E-state index is 12.8. The summed E-state index contributed by atoms with van der Waals surface area (Å²) in [6.45, 7) is 1.87. The second-order valence-electron chi connectivity index (χ2n) is 9.90. The van der Waals surface area contributed by atoms with Gasteiger partial charge in [0.2, 0.25) is 0 Å². The highest BCUT2D eigenvalue weighted by atomic mass is 16.6. The summed E-state index contributed by atoms with van der Waals surface area (Å²) in [5.41, 5.74) is 1.28. The number of hydrogen-bond acceptors (Lipinski definition) is 8. The molecule has 1 aliphatic heterocycles. The van der Waals surface area contributed by atoms with Gasteiger partial charge in [0.1, 0.15) is 12.2 Å². The minimum absolute atomic E-state index is 0.0195. The first kappa shape index (κ1) is 28.7. The van der Waals surface area contributed by atoms with E-state index >= 15 is 0 Å². The van der Waals surface area contributed by atoms with E-state index in [1.54, 1.807) is 54.9 Å². The lowest BCUT2D eigenvalue weighted by atomic mass is 9.89. The van der Waals surface area contributed by atoms with Crippen LogP contribution in [0.5, 0.6) is 0 Å². The van der Waals surface area contributed by atoms with Gasteiger partial charge in [0, 0.05) is 36.5 Å². The molecule has 0 bridgehead atoms. The largest absolute Gasteiger partial charge is 0.460 e. The number of carbonyl (C=O) groups is 3. The van der Waals surface area contributed by atoms with Gasteiger partial charge < -0.3 is 14.2 Å². The second kappa shape index (κ2) is 14.7. The summed E-state index contributed by atoms with van der Waals surface area (Å²) in [7, 11) is 0. The van der Waals surface area contributed by atoms with E-state index in [4.69, 9.17) is 14.2 Å². The molecule has 5 atom stereocenters. The van der Waals surface area contributed by atoms with Gasteiger partial charge in [-0.25, -0.2) is 14.4 Å². The van der Waals surface area contributed by atoms with E-state index in [2.05, 4.69) is 22.1 Å². The van der Waals surface area contributed by atoms with E-state index < -0.39 is 24.0 Å². The lowest BCUT2D eigenvalue weighted by Crippen LogP contribution is -2.27. The maximum Gasteiger partial charge on any atom is 0.331 e. The third-order valence-corrected chi connectivity index (χ3v) is 6.84. The molecular weight excluding hydrogens is 508 g/mol. The fourth-order valence-corrected chi connectivity index (χ4v) is 4.91. The van der Waals surface area contributed by atoms with Gasteiger partial charge in [-0.05, 0) is 87.4 Å². The first-order valence-corrected chi connectivity index (χ1v) is 13.6. The number of aromatic nitrogens is 2. The predicted molar refractivity (Wildman–Crippen MR) is 150 cm³/mol. The van der Waals surface area contributed by atoms with Crippen molar-refractivity contribution in [2.45, 2.75) is 57.3 Å². The van der Waals surface area contributed by atoms with Crippen LogP contribution in [0.4, 0.5) is 0 Å². The number of ether oxygens (including phenoxy) is 3. The molecule has 40 heavy (non-hydrogen) atoms. The van der Waals surface area contributed by atoms with E-state index in [1.807, 2.05) is 19.1 Å². The number of cyclic esters (lactones) is 1. The van der Waals surface area contributed by atoms with Crippen molar-refractivity contribution in [3.8, 4) is 0 Å². The third-order valence-electron chi connectivity index (χ3n) is 6.84. The number of esters is 3. The van der Waals surface area contributed by atoms with Gasteiger partial charge >= 0.3 is 17.9 Å². The summed E-state index contributed by atoms with van der Waals surface area (Å²) < 4.78 is 17.1. The molecule has 0 radical (unpaired) electrons.